The Morgan fingerprint density at radius 1 is 0.929 bits per heavy atom. The van der Waals surface area contributed by atoms with Crippen LogP contribution in [0.3, 0.4) is 0 Å². The first-order chi connectivity index (χ1) is 19.8. The Bertz CT molecular complexity index is 1110. The maximum atomic E-state index is 12.7. The van der Waals surface area contributed by atoms with E-state index in [-0.39, 0.29) is 18.4 Å². The van der Waals surface area contributed by atoms with E-state index in [0.717, 1.165) is 65.0 Å². The largest absolute Gasteiger partial charge is 0.487 e. The van der Waals surface area contributed by atoms with Crippen molar-refractivity contribution in [3.63, 3.8) is 0 Å². The van der Waals surface area contributed by atoms with E-state index in [1.807, 2.05) is 20.8 Å². The third-order valence-corrected chi connectivity index (χ3v) is 9.46. The second-order valence-corrected chi connectivity index (χ2v) is 13.8. The van der Waals surface area contributed by atoms with Gasteiger partial charge in [-0.3, -0.25) is 4.79 Å². The van der Waals surface area contributed by atoms with E-state index < -0.39 is 24.1 Å². The zero-order valence-electron chi connectivity index (χ0n) is 27.5. The van der Waals surface area contributed by atoms with Gasteiger partial charge < -0.3 is 19.5 Å². The fraction of sp³-hybridized carbons (Fsp3) is 0.743. The molecule has 3 rings (SSSR count). The van der Waals surface area contributed by atoms with Gasteiger partial charge in [0.15, 0.2) is 0 Å². The van der Waals surface area contributed by atoms with Crippen LogP contribution in [-0.4, -0.2) is 29.7 Å². The first-order valence-corrected chi connectivity index (χ1v) is 16.3. The van der Waals surface area contributed by atoms with Crippen LogP contribution in [-0.2, 0) is 20.7 Å². The normalized spacial score (nSPS) is 21.4. The van der Waals surface area contributed by atoms with Crippen LogP contribution < -0.4 is 14.8 Å². The van der Waals surface area contributed by atoms with Gasteiger partial charge >= 0.3 is 18.0 Å². The average Bonchev–Trinajstić information content (AvgIpc) is 3.24. The van der Waals surface area contributed by atoms with Crippen LogP contribution in [0.1, 0.15) is 134 Å². The molecule has 0 aliphatic carbocycles. The van der Waals surface area contributed by atoms with Gasteiger partial charge in [-0.15, -0.1) is 0 Å². The molecule has 0 saturated carbocycles. The van der Waals surface area contributed by atoms with Crippen molar-refractivity contribution in [1.29, 1.82) is 0 Å². The number of hydrogen-bond donors (Lipinski definition) is 1. The Kier molecular flexibility index (Phi) is 12.3. The molecule has 42 heavy (non-hydrogen) atoms. The Morgan fingerprint density at radius 2 is 1.55 bits per heavy atom. The lowest BCUT2D eigenvalue weighted by Gasteiger charge is -2.38. The van der Waals surface area contributed by atoms with Gasteiger partial charge in [0.25, 0.3) is 0 Å². The standard InChI is InChI=1S/C35H55NO6/c1-22(2)12-9-13-23(3)14-10-15-24(4)16-11-20-35(8)21-19-28-27(7)31(25(5)26(6)32(28)42-35)40-30(37)18-17-29-33(38)41-34(39)36-29/h22-24,29H,9-21H2,1-8H3,(H,36,39). The number of esters is 2. The van der Waals surface area contributed by atoms with Crippen LogP contribution in [0, 0.1) is 38.5 Å². The topological polar surface area (TPSA) is 90.9 Å². The van der Waals surface area contributed by atoms with Gasteiger partial charge in [0.05, 0.1) is 0 Å². The number of nitrogens with one attached hydrogen (secondary N) is 1. The molecule has 1 fully saturated rings. The number of carbonyl (C=O) groups is 3. The molecule has 1 aromatic carbocycles. The number of hydrogen-bond acceptors (Lipinski definition) is 6. The Balaban J connectivity index is 1.48. The molecule has 1 saturated heterocycles. The van der Waals surface area contributed by atoms with Gasteiger partial charge in [0.1, 0.15) is 23.1 Å². The molecule has 0 aromatic heterocycles. The van der Waals surface area contributed by atoms with E-state index in [0.29, 0.717) is 5.75 Å². The molecule has 0 spiro atoms. The maximum Gasteiger partial charge on any atom is 0.415 e. The summed E-state index contributed by atoms with van der Waals surface area (Å²) in [6.07, 6.45) is 12.7. The van der Waals surface area contributed by atoms with Crippen molar-refractivity contribution >= 4 is 18.0 Å². The number of carbonyl (C=O) groups excluding carboxylic acids is 3. The van der Waals surface area contributed by atoms with Crippen LogP contribution in [0.5, 0.6) is 11.5 Å². The number of cyclic esters (lactones) is 2. The van der Waals surface area contributed by atoms with Crippen LogP contribution in [0.4, 0.5) is 4.79 Å². The van der Waals surface area contributed by atoms with Crippen molar-refractivity contribution in [2.45, 2.75) is 151 Å². The van der Waals surface area contributed by atoms with Crippen molar-refractivity contribution in [2.75, 3.05) is 0 Å². The number of alkyl carbamates (subject to hydrolysis) is 1. The molecule has 2 heterocycles. The molecular formula is C35H55NO6. The van der Waals surface area contributed by atoms with Crippen molar-refractivity contribution in [2.24, 2.45) is 17.8 Å². The van der Waals surface area contributed by atoms with Gasteiger partial charge in [-0.2, -0.15) is 0 Å². The summed E-state index contributed by atoms with van der Waals surface area (Å²) >= 11 is 0. The minimum Gasteiger partial charge on any atom is -0.487 e. The van der Waals surface area contributed by atoms with Gasteiger partial charge in [-0.05, 0) is 94.2 Å². The molecule has 7 heteroatoms. The van der Waals surface area contributed by atoms with Crippen LogP contribution >= 0.6 is 0 Å². The van der Waals surface area contributed by atoms with Gasteiger partial charge in [0.2, 0.25) is 0 Å². The molecule has 4 atom stereocenters. The monoisotopic (exact) mass is 585 g/mol. The van der Waals surface area contributed by atoms with E-state index >= 15 is 0 Å². The summed E-state index contributed by atoms with van der Waals surface area (Å²) in [6.45, 7) is 17.7. The van der Waals surface area contributed by atoms with Gasteiger partial charge in [-0.25, -0.2) is 9.59 Å². The number of ether oxygens (including phenoxy) is 3. The molecule has 236 valence electrons. The van der Waals surface area contributed by atoms with Crippen molar-refractivity contribution in [1.82, 2.24) is 5.32 Å². The summed E-state index contributed by atoms with van der Waals surface area (Å²) in [5.41, 5.74) is 3.75. The maximum absolute atomic E-state index is 12.7. The fourth-order valence-electron chi connectivity index (χ4n) is 6.42. The van der Waals surface area contributed by atoms with Gasteiger partial charge in [-0.1, -0.05) is 72.6 Å². The summed E-state index contributed by atoms with van der Waals surface area (Å²) in [7, 11) is 0. The highest BCUT2D eigenvalue weighted by molar-refractivity contribution is 5.95. The van der Waals surface area contributed by atoms with Crippen LogP contribution in [0.25, 0.3) is 0 Å². The molecular weight excluding hydrogens is 530 g/mol. The Morgan fingerprint density at radius 3 is 2.14 bits per heavy atom. The number of amides is 1. The zero-order valence-corrected chi connectivity index (χ0v) is 27.5. The van der Waals surface area contributed by atoms with Crippen LogP contribution in [0.15, 0.2) is 0 Å². The Hall–Kier alpha value is -2.57. The van der Waals surface area contributed by atoms with E-state index in [9.17, 15) is 14.4 Å². The predicted octanol–water partition coefficient (Wildman–Crippen LogP) is 8.46. The minimum atomic E-state index is -0.806. The quantitative estimate of drug-likeness (QED) is 0.119. The smallest absolute Gasteiger partial charge is 0.415 e. The molecule has 1 aromatic rings. The third kappa shape index (κ3) is 9.47. The lowest BCUT2D eigenvalue weighted by atomic mass is 9.83. The molecule has 4 unspecified atom stereocenters. The molecule has 0 radical (unpaired) electrons. The SMILES string of the molecule is Cc1c(C)c2c(c(C)c1OC(=O)CCC1NC(=O)OC1=O)CCC(C)(CCCC(C)CCCC(C)CCCC(C)C)O2. The summed E-state index contributed by atoms with van der Waals surface area (Å²) in [4.78, 5) is 35.5. The number of rotatable bonds is 16. The highest BCUT2D eigenvalue weighted by Crippen LogP contribution is 2.45. The lowest BCUT2D eigenvalue weighted by Crippen LogP contribution is -2.37. The lowest BCUT2D eigenvalue weighted by molar-refractivity contribution is -0.136. The predicted molar refractivity (Wildman–Crippen MR) is 166 cm³/mol. The molecule has 7 nitrogen and oxygen atoms in total. The van der Waals surface area contributed by atoms with Crippen molar-refractivity contribution in [3.05, 3.63) is 22.3 Å². The first kappa shape index (κ1) is 33.9. The van der Waals surface area contributed by atoms with Gasteiger partial charge in [0, 0.05) is 12.0 Å². The van der Waals surface area contributed by atoms with Crippen LogP contribution in [0.2, 0.25) is 0 Å². The van der Waals surface area contributed by atoms with E-state index in [4.69, 9.17) is 9.47 Å². The first-order valence-electron chi connectivity index (χ1n) is 16.3. The Labute approximate surface area is 253 Å². The highest BCUT2D eigenvalue weighted by atomic mass is 16.6. The van der Waals surface area contributed by atoms with E-state index in [1.165, 1.54) is 51.4 Å². The summed E-state index contributed by atoms with van der Waals surface area (Å²) in [5, 5.41) is 2.41. The van der Waals surface area contributed by atoms with Crippen molar-refractivity contribution in [3.8, 4) is 11.5 Å². The molecule has 1 amide bonds. The summed E-state index contributed by atoms with van der Waals surface area (Å²) in [5.74, 6) is 2.82. The number of benzene rings is 1. The summed E-state index contributed by atoms with van der Waals surface area (Å²) < 4.78 is 17.0. The summed E-state index contributed by atoms with van der Waals surface area (Å²) in [6, 6.07) is -0.806. The van der Waals surface area contributed by atoms with Crippen molar-refractivity contribution < 1.29 is 28.6 Å². The second kappa shape index (κ2) is 15.2. The second-order valence-electron chi connectivity index (χ2n) is 13.8. The molecule has 2 aliphatic rings. The molecule has 2 aliphatic heterocycles. The average molecular weight is 586 g/mol. The highest BCUT2D eigenvalue weighted by Gasteiger charge is 2.35. The number of fused-ring (bicyclic) bond motifs is 1. The minimum absolute atomic E-state index is 0.000618. The van der Waals surface area contributed by atoms with E-state index in [2.05, 4.69) is 44.7 Å². The third-order valence-electron chi connectivity index (χ3n) is 9.46. The zero-order chi connectivity index (χ0) is 31.0. The molecule has 0 bridgehead atoms. The fourth-order valence-corrected chi connectivity index (χ4v) is 6.42. The molecule has 1 N–H and O–H groups in total. The van der Waals surface area contributed by atoms with E-state index in [1.54, 1.807) is 0 Å².